The van der Waals surface area contributed by atoms with E-state index in [-0.39, 0.29) is 10.8 Å². The van der Waals surface area contributed by atoms with Crippen LogP contribution < -0.4 is 19.7 Å². The molecule has 0 unspecified atom stereocenters. The first-order valence-corrected chi connectivity index (χ1v) is 15.6. The molecule has 14 heteroatoms. The third-order valence-corrected chi connectivity index (χ3v) is 9.10. The highest BCUT2D eigenvalue weighted by atomic mass is 32.2. The maximum atomic E-state index is 12.6. The van der Waals surface area contributed by atoms with E-state index in [1.165, 1.54) is 12.4 Å². The average Bonchev–Trinajstić information content (AvgIpc) is 3.38. The SMILES string of the molecule is COc1ccc2c(c1)[nH]c1ncnc(N3CCN(CSCNc4ccc(S(=O)(=O)Nc5ncccn5)cc4)CC3)c12. The summed E-state index contributed by atoms with van der Waals surface area (Å²) in [5.74, 6) is 3.39. The number of sulfonamides is 1. The number of anilines is 3. The van der Waals surface area contributed by atoms with Crippen LogP contribution in [0.1, 0.15) is 0 Å². The standard InChI is InChI=1S/C27H29N9O3S2/c1-39-20-5-8-22-23(15-20)33-25-24(22)26(31-16-30-25)36-13-11-35(12-14-36)18-40-17-32-19-3-6-21(7-4-19)41(37,38)34-27-28-9-2-10-29-27/h2-10,15-16,32H,11-14,17-18H2,1H3,(H,28,29,34)(H,30,31,33). The first-order chi connectivity index (χ1) is 20.0. The van der Waals surface area contributed by atoms with Gasteiger partial charge in [-0.15, -0.1) is 11.8 Å². The van der Waals surface area contributed by atoms with Crippen molar-refractivity contribution in [2.45, 2.75) is 4.90 Å². The van der Waals surface area contributed by atoms with Crippen LogP contribution in [0.4, 0.5) is 17.5 Å². The van der Waals surface area contributed by atoms with E-state index in [0.29, 0.717) is 5.88 Å². The van der Waals surface area contributed by atoms with Gasteiger partial charge in [0.25, 0.3) is 10.0 Å². The number of thioether (sulfide) groups is 1. The molecule has 0 saturated carbocycles. The van der Waals surface area contributed by atoms with Crippen LogP contribution in [0.25, 0.3) is 21.9 Å². The summed E-state index contributed by atoms with van der Waals surface area (Å²) in [4.78, 5) is 25.2. The van der Waals surface area contributed by atoms with Gasteiger partial charge in [0.15, 0.2) is 0 Å². The molecule has 1 fully saturated rings. The van der Waals surface area contributed by atoms with Gasteiger partial charge in [-0.3, -0.25) is 4.90 Å². The minimum atomic E-state index is -3.75. The van der Waals surface area contributed by atoms with Crippen LogP contribution in [0.3, 0.4) is 0 Å². The number of fused-ring (bicyclic) bond motifs is 3. The van der Waals surface area contributed by atoms with E-state index in [1.54, 1.807) is 55.5 Å². The summed E-state index contributed by atoms with van der Waals surface area (Å²) in [7, 11) is -2.09. The number of H-pyrrole nitrogens is 1. The Morgan fingerprint density at radius 2 is 1.78 bits per heavy atom. The number of nitrogens with one attached hydrogen (secondary N) is 3. The minimum Gasteiger partial charge on any atom is -0.497 e. The van der Waals surface area contributed by atoms with Crippen LogP contribution in [0.15, 0.2) is 72.1 Å². The number of benzene rings is 2. The molecule has 0 bridgehead atoms. The lowest BCUT2D eigenvalue weighted by atomic mass is 10.2. The second kappa shape index (κ2) is 11.8. The van der Waals surface area contributed by atoms with E-state index in [2.05, 4.69) is 50.8 Å². The van der Waals surface area contributed by atoms with Crippen molar-refractivity contribution >= 4 is 61.2 Å². The van der Waals surface area contributed by atoms with E-state index in [1.807, 2.05) is 12.1 Å². The number of hydrogen-bond donors (Lipinski definition) is 3. The van der Waals surface area contributed by atoms with Gasteiger partial charge in [-0.25, -0.2) is 33.1 Å². The lowest BCUT2D eigenvalue weighted by molar-refractivity contribution is 0.300. The summed E-state index contributed by atoms with van der Waals surface area (Å²) >= 11 is 1.78. The second-order valence-corrected chi connectivity index (χ2v) is 12.1. The molecule has 1 saturated heterocycles. The zero-order valence-corrected chi connectivity index (χ0v) is 24.0. The maximum absolute atomic E-state index is 12.6. The third kappa shape index (κ3) is 5.99. The number of aromatic amines is 1. The van der Waals surface area contributed by atoms with Gasteiger partial charge in [0.2, 0.25) is 5.95 Å². The Bertz CT molecular complexity index is 1740. The molecule has 6 rings (SSSR count). The quantitative estimate of drug-likeness (QED) is 0.162. The molecule has 1 aliphatic heterocycles. The van der Waals surface area contributed by atoms with Gasteiger partial charge in [-0.05, 0) is 42.5 Å². The predicted octanol–water partition coefficient (Wildman–Crippen LogP) is 3.59. The zero-order chi connectivity index (χ0) is 28.2. The summed E-state index contributed by atoms with van der Waals surface area (Å²) < 4.78 is 32.9. The fourth-order valence-corrected chi connectivity index (χ4v) is 6.57. The predicted molar refractivity (Wildman–Crippen MR) is 162 cm³/mol. The van der Waals surface area contributed by atoms with Crippen LogP contribution >= 0.6 is 11.8 Å². The van der Waals surface area contributed by atoms with Gasteiger partial charge in [0.05, 0.1) is 28.8 Å². The van der Waals surface area contributed by atoms with Crippen molar-refractivity contribution in [2.24, 2.45) is 0 Å². The molecule has 0 aliphatic carbocycles. The Balaban J connectivity index is 0.990. The number of aromatic nitrogens is 5. The molecule has 212 valence electrons. The summed E-state index contributed by atoms with van der Waals surface area (Å²) in [5, 5.41) is 5.48. The number of nitrogens with zero attached hydrogens (tertiary/aromatic N) is 6. The molecule has 3 N–H and O–H groups in total. The summed E-state index contributed by atoms with van der Waals surface area (Å²) in [6.07, 6.45) is 4.58. The lowest BCUT2D eigenvalue weighted by Crippen LogP contribution is -2.46. The molecule has 41 heavy (non-hydrogen) atoms. The van der Waals surface area contributed by atoms with Gasteiger partial charge in [-0.2, -0.15) is 0 Å². The van der Waals surface area contributed by atoms with Gasteiger partial charge < -0.3 is 19.9 Å². The number of rotatable bonds is 10. The van der Waals surface area contributed by atoms with E-state index < -0.39 is 10.0 Å². The van der Waals surface area contributed by atoms with E-state index in [4.69, 9.17) is 4.74 Å². The largest absolute Gasteiger partial charge is 0.497 e. The first kappa shape index (κ1) is 27.1. The molecular formula is C27H29N9O3S2. The summed E-state index contributed by atoms with van der Waals surface area (Å²) in [6.45, 7) is 3.61. The molecule has 1 aliphatic rings. The molecular weight excluding hydrogens is 562 g/mol. The fraction of sp³-hybridized carbons (Fsp3) is 0.259. The van der Waals surface area contributed by atoms with Crippen molar-refractivity contribution < 1.29 is 13.2 Å². The van der Waals surface area contributed by atoms with Crippen LogP contribution in [-0.4, -0.2) is 83.3 Å². The molecule has 12 nitrogen and oxygen atoms in total. The summed E-state index contributed by atoms with van der Waals surface area (Å²) in [5.41, 5.74) is 2.66. The van der Waals surface area contributed by atoms with Crippen LogP contribution in [-0.2, 0) is 10.0 Å². The molecule has 0 spiro atoms. The number of ether oxygens (including phenoxy) is 1. The highest BCUT2D eigenvalue weighted by molar-refractivity contribution is 7.99. The topological polar surface area (TPSA) is 141 Å². The molecule has 5 aromatic rings. The third-order valence-electron chi connectivity index (χ3n) is 6.86. The number of methoxy groups -OCH3 is 1. The molecule has 2 aromatic carbocycles. The maximum Gasteiger partial charge on any atom is 0.264 e. The number of hydrogen-bond acceptors (Lipinski definition) is 11. The molecule has 0 radical (unpaired) electrons. The van der Waals surface area contributed by atoms with Crippen LogP contribution in [0.2, 0.25) is 0 Å². The first-order valence-electron chi connectivity index (χ1n) is 13.0. The van der Waals surface area contributed by atoms with Crippen molar-refractivity contribution in [1.29, 1.82) is 0 Å². The van der Waals surface area contributed by atoms with Gasteiger partial charge in [-0.1, -0.05) is 0 Å². The van der Waals surface area contributed by atoms with Crippen molar-refractivity contribution in [3.8, 4) is 5.75 Å². The molecule has 0 atom stereocenters. The number of piperazine rings is 1. The fourth-order valence-electron chi connectivity index (χ4n) is 4.74. The monoisotopic (exact) mass is 591 g/mol. The highest BCUT2D eigenvalue weighted by Gasteiger charge is 2.22. The summed E-state index contributed by atoms with van der Waals surface area (Å²) in [6, 6.07) is 14.3. The second-order valence-electron chi connectivity index (χ2n) is 9.42. The lowest BCUT2D eigenvalue weighted by Gasteiger charge is -2.35. The normalized spacial score (nSPS) is 14.4. The molecule has 3 aromatic heterocycles. The Morgan fingerprint density at radius 1 is 1.00 bits per heavy atom. The van der Waals surface area contributed by atoms with E-state index in [0.717, 1.165) is 71.2 Å². The molecule has 0 amide bonds. The van der Waals surface area contributed by atoms with Crippen LogP contribution in [0, 0.1) is 0 Å². The van der Waals surface area contributed by atoms with Crippen molar-refractivity contribution in [1.82, 2.24) is 29.8 Å². The Hall–Kier alpha value is -4.14. The van der Waals surface area contributed by atoms with Gasteiger partial charge in [0, 0.05) is 61.6 Å². The van der Waals surface area contributed by atoms with Gasteiger partial charge >= 0.3 is 0 Å². The van der Waals surface area contributed by atoms with Gasteiger partial charge in [0.1, 0.15) is 23.5 Å². The minimum absolute atomic E-state index is 0.0382. The van der Waals surface area contributed by atoms with E-state index in [9.17, 15) is 8.42 Å². The van der Waals surface area contributed by atoms with Crippen molar-refractivity contribution in [3.63, 3.8) is 0 Å². The van der Waals surface area contributed by atoms with Crippen LogP contribution in [0.5, 0.6) is 5.75 Å². The Morgan fingerprint density at radius 3 is 2.54 bits per heavy atom. The van der Waals surface area contributed by atoms with Crippen molar-refractivity contribution in [2.75, 3.05) is 60.0 Å². The highest BCUT2D eigenvalue weighted by Crippen LogP contribution is 2.33. The smallest absolute Gasteiger partial charge is 0.264 e. The van der Waals surface area contributed by atoms with Crippen molar-refractivity contribution in [3.05, 3.63) is 67.3 Å². The Labute approximate surface area is 241 Å². The average molecular weight is 592 g/mol. The molecule has 4 heterocycles. The zero-order valence-electron chi connectivity index (χ0n) is 22.3. The Kier molecular flexibility index (Phi) is 7.76. The van der Waals surface area contributed by atoms with E-state index >= 15 is 0 Å².